The minimum atomic E-state index is -3.83. The largest absolute Gasteiger partial charge is 0.308 e. The topological polar surface area (TPSA) is 72.7 Å². The fraction of sp³-hybridized carbons (Fsp3) is 0. The Labute approximate surface area is 321 Å². The molecule has 11 rings (SSSR count). The molecule has 0 bridgehead atoms. The molecule has 0 atom stereocenters. The predicted molar refractivity (Wildman–Crippen MR) is 226 cm³/mol. The van der Waals surface area contributed by atoms with Crippen molar-refractivity contribution >= 4 is 75.3 Å². The van der Waals surface area contributed by atoms with E-state index in [1.54, 1.807) is 12.1 Å². The molecule has 0 aliphatic carbocycles. The average Bonchev–Trinajstić information content (AvgIpc) is 3.90. The van der Waals surface area contributed by atoms with E-state index in [1.807, 2.05) is 12.1 Å². The lowest BCUT2D eigenvalue weighted by Gasteiger charge is -2.14. The molecule has 0 aliphatic heterocycles. The van der Waals surface area contributed by atoms with E-state index in [2.05, 4.69) is 153 Å². The molecule has 264 valence electrons. The highest BCUT2D eigenvalue weighted by atomic mass is 32.2. The van der Waals surface area contributed by atoms with Gasteiger partial charge in [-0.05, 0) is 91.0 Å². The van der Waals surface area contributed by atoms with Gasteiger partial charge in [-0.1, -0.05) is 91.0 Å². The Morgan fingerprint density at radius 3 is 1.07 bits per heavy atom. The van der Waals surface area contributed by atoms with Crippen molar-refractivity contribution < 1.29 is 8.42 Å². The molecule has 0 amide bonds. The van der Waals surface area contributed by atoms with Crippen molar-refractivity contribution in [3.63, 3.8) is 0 Å². The van der Waals surface area contributed by atoms with Crippen LogP contribution in [0.5, 0.6) is 0 Å². The van der Waals surface area contributed by atoms with Gasteiger partial charge in [-0.25, -0.2) is 8.42 Å². The molecule has 7 heteroatoms. The van der Waals surface area contributed by atoms with Gasteiger partial charge in [0, 0.05) is 49.4 Å². The number of benzene rings is 8. The number of hydrogen-bond acceptors (Lipinski definition) is 3. The standard InChI is InChI=1S/C49H30N4O2S/c50-31-32-23-27-36(28-24-32)56(54,55)37-29-25-35(26-30-37)53-43-22-12-9-19-40(43)46-48-44(38-17-7-10-20-41(38)51(48)33-13-3-1-4-14-33)47-45(49(46)53)39-18-8-11-21-42(39)52(47)34-15-5-2-6-16-34/h1-30H. The van der Waals surface area contributed by atoms with Gasteiger partial charge >= 0.3 is 0 Å². The predicted octanol–water partition coefficient (Wildman–Crippen LogP) is 11.7. The minimum absolute atomic E-state index is 0.146. The molecule has 0 spiro atoms. The Morgan fingerprint density at radius 2 is 0.696 bits per heavy atom. The zero-order chi connectivity index (χ0) is 37.5. The molecule has 11 aromatic rings. The van der Waals surface area contributed by atoms with Crippen LogP contribution >= 0.6 is 0 Å². The maximum atomic E-state index is 13.8. The van der Waals surface area contributed by atoms with Crippen LogP contribution in [0.4, 0.5) is 0 Å². The second-order valence-corrected chi connectivity index (χ2v) is 16.0. The third-order valence-corrected chi connectivity index (χ3v) is 12.8. The van der Waals surface area contributed by atoms with E-state index in [-0.39, 0.29) is 9.79 Å². The lowest BCUT2D eigenvalue weighted by molar-refractivity contribution is 0.596. The van der Waals surface area contributed by atoms with Crippen molar-refractivity contribution in [2.24, 2.45) is 0 Å². The van der Waals surface area contributed by atoms with E-state index in [1.165, 1.54) is 29.7 Å². The van der Waals surface area contributed by atoms with Gasteiger partial charge in [-0.2, -0.15) is 5.26 Å². The first kappa shape index (κ1) is 32.1. The minimum Gasteiger partial charge on any atom is -0.308 e. The molecule has 0 radical (unpaired) electrons. The van der Waals surface area contributed by atoms with Gasteiger partial charge in [0.15, 0.2) is 0 Å². The van der Waals surface area contributed by atoms with Crippen LogP contribution in [-0.2, 0) is 9.84 Å². The van der Waals surface area contributed by atoms with E-state index in [0.717, 1.165) is 77.1 Å². The molecule has 0 saturated heterocycles. The third-order valence-electron chi connectivity index (χ3n) is 11.1. The molecule has 0 fully saturated rings. The highest BCUT2D eigenvalue weighted by molar-refractivity contribution is 7.91. The van der Waals surface area contributed by atoms with Crippen molar-refractivity contribution in [1.29, 1.82) is 5.26 Å². The second-order valence-electron chi connectivity index (χ2n) is 14.0. The van der Waals surface area contributed by atoms with Gasteiger partial charge in [0.1, 0.15) is 0 Å². The highest BCUT2D eigenvalue weighted by Crippen LogP contribution is 2.50. The number of para-hydroxylation sites is 5. The lowest BCUT2D eigenvalue weighted by atomic mass is 10.0. The quantitative estimate of drug-likeness (QED) is 0.176. The Balaban J connectivity index is 1.34. The summed E-state index contributed by atoms with van der Waals surface area (Å²) in [4.78, 5) is 0.330. The van der Waals surface area contributed by atoms with Crippen molar-refractivity contribution in [2.45, 2.75) is 9.79 Å². The van der Waals surface area contributed by atoms with Crippen LogP contribution < -0.4 is 0 Å². The number of nitriles is 1. The van der Waals surface area contributed by atoms with E-state index in [0.29, 0.717) is 5.56 Å². The van der Waals surface area contributed by atoms with Crippen molar-refractivity contribution in [2.75, 3.05) is 0 Å². The molecule has 0 aliphatic rings. The second kappa shape index (κ2) is 12.1. The molecule has 8 aromatic carbocycles. The number of hydrogen-bond donors (Lipinski definition) is 0. The van der Waals surface area contributed by atoms with Crippen LogP contribution in [-0.4, -0.2) is 22.1 Å². The summed E-state index contributed by atoms with van der Waals surface area (Å²) < 4.78 is 34.8. The number of aromatic nitrogens is 3. The summed E-state index contributed by atoms with van der Waals surface area (Å²) in [6.07, 6.45) is 0. The maximum Gasteiger partial charge on any atom is 0.206 e. The van der Waals surface area contributed by atoms with Gasteiger partial charge in [-0.3, -0.25) is 0 Å². The average molecular weight is 739 g/mol. The first-order chi connectivity index (χ1) is 27.5. The summed E-state index contributed by atoms with van der Waals surface area (Å²) in [5.41, 5.74) is 9.86. The number of sulfone groups is 1. The fourth-order valence-electron chi connectivity index (χ4n) is 8.73. The highest BCUT2D eigenvalue weighted by Gasteiger charge is 2.29. The molecule has 0 N–H and O–H groups in total. The molecule has 3 aromatic heterocycles. The Hall–Kier alpha value is -7.40. The first-order valence-corrected chi connectivity index (χ1v) is 19.9. The summed E-state index contributed by atoms with van der Waals surface area (Å²) in [5.74, 6) is 0. The fourth-order valence-corrected chi connectivity index (χ4v) is 9.99. The zero-order valence-electron chi connectivity index (χ0n) is 29.8. The van der Waals surface area contributed by atoms with Crippen LogP contribution in [0, 0.1) is 11.3 Å². The van der Waals surface area contributed by atoms with Gasteiger partial charge < -0.3 is 13.7 Å². The molecular formula is C49H30N4O2S. The van der Waals surface area contributed by atoms with Crippen molar-refractivity contribution in [3.8, 4) is 23.1 Å². The van der Waals surface area contributed by atoms with E-state index < -0.39 is 9.84 Å². The van der Waals surface area contributed by atoms with E-state index in [9.17, 15) is 13.7 Å². The van der Waals surface area contributed by atoms with Gasteiger partial charge in [0.05, 0.1) is 54.5 Å². The monoisotopic (exact) mass is 738 g/mol. The molecule has 0 saturated carbocycles. The summed E-state index contributed by atoms with van der Waals surface area (Å²) in [5, 5.41) is 16.1. The van der Waals surface area contributed by atoms with Crippen molar-refractivity contribution in [3.05, 3.63) is 188 Å². The van der Waals surface area contributed by atoms with Crippen molar-refractivity contribution in [1.82, 2.24) is 13.7 Å². The zero-order valence-corrected chi connectivity index (χ0v) is 30.7. The third kappa shape index (κ3) is 4.45. The Morgan fingerprint density at radius 1 is 0.375 bits per heavy atom. The van der Waals surface area contributed by atoms with Crippen LogP contribution in [0.2, 0.25) is 0 Å². The Kier molecular flexibility index (Phi) is 6.90. The van der Waals surface area contributed by atoms with Crippen LogP contribution in [0.3, 0.4) is 0 Å². The lowest BCUT2D eigenvalue weighted by Crippen LogP contribution is -2.03. The summed E-state index contributed by atoms with van der Waals surface area (Å²) in [6, 6.07) is 62.2. The van der Waals surface area contributed by atoms with Gasteiger partial charge in [0.25, 0.3) is 0 Å². The van der Waals surface area contributed by atoms with E-state index in [4.69, 9.17) is 0 Å². The SMILES string of the molecule is N#Cc1ccc(S(=O)(=O)c2ccc(-n3c4ccccc4c4c5c(c6ccccc6n5-c5ccccc5)c5c(c6ccccc6n5-c5ccccc5)c43)cc2)cc1. The van der Waals surface area contributed by atoms with Crippen LogP contribution in [0.1, 0.15) is 5.56 Å². The number of nitrogens with zero attached hydrogens (tertiary/aromatic N) is 4. The number of rotatable bonds is 5. The van der Waals surface area contributed by atoms with Gasteiger partial charge in [-0.15, -0.1) is 0 Å². The molecule has 56 heavy (non-hydrogen) atoms. The molecule has 6 nitrogen and oxygen atoms in total. The van der Waals surface area contributed by atoms with Crippen LogP contribution in [0.15, 0.2) is 192 Å². The smallest absolute Gasteiger partial charge is 0.206 e. The van der Waals surface area contributed by atoms with Crippen LogP contribution in [0.25, 0.3) is 82.5 Å². The molecule has 0 unspecified atom stereocenters. The normalized spacial score (nSPS) is 12.1. The summed E-state index contributed by atoms with van der Waals surface area (Å²) >= 11 is 0. The van der Waals surface area contributed by atoms with E-state index >= 15 is 0 Å². The summed E-state index contributed by atoms with van der Waals surface area (Å²) in [7, 11) is -3.83. The maximum absolute atomic E-state index is 13.8. The Bertz CT molecular complexity index is 3450. The van der Waals surface area contributed by atoms with Gasteiger partial charge in [0.2, 0.25) is 9.84 Å². The molecular weight excluding hydrogens is 709 g/mol. The first-order valence-electron chi connectivity index (χ1n) is 18.4. The summed E-state index contributed by atoms with van der Waals surface area (Å²) in [6.45, 7) is 0. The molecule has 3 heterocycles. The number of fused-ring (bicyclic) bond motifs is 12.